The first-order valence-electron chi connectivity index (χ1n) is 7.30. The van der Waals surface area contributed by atoms with Crippen LogP contribution < -0.4 is 11.3 Å². The molecule has 0 saturated heterocycles. The first-order valence-corrected chi connectivity index (χ1v) is 7.30. The third kappa shape index (κ3) is 3.25. The van der Waals surface area contributed by atoms with Crippen molar-refractivity contribution < 1.29 is 9.21 Å². The Morgan fingerprint density at radius 2 is 2.14 bits per heavy atom. The lowest BCUT2D eigenvalue weighted by Gasteiger charge is -2.23. The fourth-order valence-electron chi connectivity index (χ4n) is 2.55. The molecule has 1 amide bonds. The van der Waals surface area contributed by atoms with Crippen LogP contribution in [-0.4, -0.2) is 23.9 Å². The van der Waals surface area contributed by atoms with E-state index in [1.807, 2.05) is 31.3 Å². The number of fused-ring (bicyclic) bond motifs is 1. The van der Waals surface area contributed by atoms with E-state index in [1.54, 1.807) is 0 Å². The minimum Gasteiger partial charge on any atom is -0.459 e. The van der Waals surface area contributed by atoms with Crippen LogP contribution in [0.4, 0.5) is 0 Å². The van der Waals surface area contributed by atoms with E-state index in [1.165, 1.54) is 0 Å². The fraction of sp³-hybridized carbons (Fsp3) is 0.438. The number of nitrogen functional groups attached to an aromatic ring is 1. The number of hydrazine groups is 1. The van der Waals surface area contributed by atoms with Gasteiger partial charge in [-0.05, 0) is 26.5 Å². The molecular formula is C16H23N3O2. The summed E-state index contributed by atoms with van der Waals surface area (Å²) in [4.78, 5) is 14.3. The highest BCUT2D eigenvalue weighted by Crippen LogP contribution is 2.27. The van der Waals surface area contributed by atoms with E-state index in [0.717, 1.165) is 18.2 Å². The minimum absolute atomic E-state index is 0.313. The molecular weight excluding hydrogens is 266 g/mol. The first kappa shape index (κ1) is 15.5. The van der Waals surface area contributed by atoms with E-state index in [2.05, 4.69) is 24.2 Å². The van der Waals surface area contributed by atoms with E-state index >= 15 is 0 Å². The molecule has 1 aromatic heterocycles. The van der Waals surface area contributed by atoms with Gasteiger partial charge in [-0.2, -0.15) is 0 Å². The van der Waals surface area contributed by atoms with Crippen LogP contribution in [0.3, 0.4) is 0 Å². The molecule has 0 aliphatic rings. The number of nitrogens with zero attached hydrogens (tertiary/aromatic N) is 1. The Bertz CT molecular complexity index is 621. The Morgan fingerprint density at radius 3 is 2.81 bits per heavy atom. The van der Waals surface area contributed by atoms with Gasteiger partial charge in [-0.25, -0.2) is 5.84 Å². The number of nitrogens with two attached hydrogens (primary N) is 1. The number of hydrogen-bond donors (Lipinski definition) is 2. The number of carbonyl (C=O) groups is 1. The smallest absolute Gasteiger partial charge is 0.269 e. The van der Waals surface area contributed by atoms with Crippen LogP contribution >= 0.6 is 0 Å². The van der Waals surface area contributed by atoms with Crippen LogP contribution in [0, 0.1) is 0 Å². The van der Waals surface area contributed by atoms with Crippen LogP contribution in [0.1, 0.15) is 42.8 Å². The summed E-state index contributed by atoms with van der Waals surface area (Å²) in [6, 6.07) is 7.95. The van der Waals surface area contributed by atoms with Crippen molar-refractivity contribution in [3.05, 3.63) is 35.6 Å². The number of hydrogen-bond acceptors (Lipinski definition) is 4. The number of benzene rings is 1. The molecule has 114 valence electrons. The van der Waals surface area contributed by atoms with Crippen LogP contribution in [0.2, 0.25) is 0 Å². The normalized spacial score (nSPS) is 12.8. The van der Waals surface area contributed by atoms with Gasteiger partial charge >= 0.3 is 0 Å². The molecule has 1 heterocycles. The van der Waals surface area contributed by atoms with Crippen molar-refractivity contribution in [2.24, 2.45) is 5.84 Å². The molecule has 5 heteroatoms. The van der Waals surface area contributed by atoms with Crippen molar-refractivity contribution in [3.63, 3.8) is 0 Å². The SMILES string of the molecule is CCCC(C)N(C)Cc1oc2ccccc2c1C(=O)NN. The van der Waals surface area contributed by atoms with Crippen molar-refractivity contribution >= 4 is 16.9 Å². The largest absolute Gasteiger partial charge is 0.459 e. The summed E-state index contributed by atoms with van der Waals surface area (Å²) in [5.41, 5.74) is 3.45. The zero-order valence-electron chi connectivity index (χ0n) is 12.8. The van der Waals surface area contributed by atoms with E-state index in [0.29, 0.717) is 29.5 Å². The Morgan fingerprint density at radius 1 is 1.43 bits per heavy atom. The van der Waals surface area contributed by atoms with Crippen LogP contribution in [-0.2, 0) is 6.54 Å². The highest BCUT2D eigenvalue weighted by molar-refractivity contribution is 6.07. The van der Waals surface area contributed by atoms with E-state index in [4.69, 9.17) is 10.3 Å². The maximum Gasteiger partial charge on any atom is 0.269 e. The number of amides is 1. The van der Waals surface area contributed by atoms with Crippen LogP contribution in [0.5, 0.6) is 0 Å². The minimum atomic E-state index is -0.313. The molecule has 21 heavy (non-hydrogen) atoms. The van der Waals surface area contributed by atoms with Crippen molar-refractivity contribution in [2.45, 2.75) is 39.3 Å². The monoisotopic (exact) mass is 289 g/mol. The van der Waals surface area contributed by atoms with Gasteiger partial charge in [0.25, 0.3) is 5.91 Å². The quantitative estimate of drug-likeness (QED) is 0.487. The molecule has 0 saturated carbocycles. The molecule has 1 atom stereocenters. The molecule has 2 rings (SSSR count). The lowest BCUT2D eigenvalue weighted by Crippen LogP contribution is -2.32. The maximum absolute atomic E-state index is 12.1. The predicted molar refractivity (Wildman–Crippen MR) is 83.7 cm³/mol. The third-order valence-electron chi connectivity index (χ3n) is 3.88. The standard InChI is InChI=1S/C16H23N3O2/c1-4-7-11(2)19(3)10-14-15(16(20)18-17)12-8-5-6-9-13(12)21-14/h5-6,8-9,11H,4,7,10,17H2,1-3H3,(H,18,20). The molecule has 0 aliphatic heterocycles. The van der Waals surface area contributed by atoms with Crippen molar-refractivity contribution in [3.8, 4) is 0 Å². The number of nitrogens with one attached hydrogen (secondary N) is 1. The third-order valence-corrected chi connectivity index (χ3v) is 3.88. The number of para-hydroxylation sites is 1. The van der Waals surface area contributed by atoms with Gasteiger partial charge in [-0.1, -0.05) is 31.5 Å². The zero-order chi connectivity index (χ0) is 15.4. The summed E-state index contributed by atoms with van der Waals surface area (Å²) in [6.07, 6.45) is 2.23. The Hall–Kier alpha value is -1.85. The van der Waals surface area contributed by atoms with Gasteiger partial charge in [0.05, 0.1) is 12.1 Å². The maximum atomic E-state index is 12.1. The van der Waals surface area contributed by atoms with Crippen molar-refractivity contribution in [1.82, 2.24) is 10.3 Å². The summed E-state index contributed by atoms with van der Waals surface area (Å²) in [7, 11) is 2.04. The summed E-state index contributed by atoms with van der Waals surface area (Å²) < 4.78 is 5.86. The molecule has 5 nitrogen and oxygen atoms in total. The zero-order valence-corrected chi connectivity index (χ0v) is 12.8. The van der Waals surface area contributed by atoms with Gasteiger partial charge in [0.2, 0.25) is 0 Å². The first-order chi connectivity index (χ1) is 10.1. The van der Waals surface area contributed by atoms with Crippen LogP contribution in [0.15, 0.2) is 28.7 Å². The van der Waals surface area contributed by atoms with Crippen LogP contribution in [0.25, 0.3) is 11.0 Å². The highest BCUT2D eigenvalue weighted by Gasteiger charge is 2.22. The van der Waals surface area contributed by atoms with Crippen molar-refractivity contribution in [2.75, 3.05) is 7.05 Å². The Labute approximate surface area is 125 Å². The molecule has 0 spiro atoms. The number of furan rings is 1. The van der Waals surface area contributed by atoms with Gasteiger partial charge in [-0.15, -0.1) is 0 Å². The summed E-state index contributed by atoms with van der Waals surface area (Å²) in [5.74, 6) is 5.65. The molecule has 3 N–H and O–H groups in total. The summed E-state index contributed by atoms with van der Waals surface area (Å²) in [6.45, 7) is 4.92. The predicted octanol–water partition coefficient (Wildman–Crippen LogP) is 2.66. The lowest BCUT2D eigenvalue weighted by molar-refractivity contribution is 0.0951. The van der Waals surface area contributed by atoms with Crippen molar-refractivity contribution in [1.29, 1.82) is 0 Å². The number of carbonyl (C=O) groups excluding carboxylic acids is 1. The fourth-order valence-corrected chi connectivity index (χ4v) is 2.55. The average Bonchev–Trinajstić information content (AvgIpc) is 2.84. The second-order valence-electron chi connectivity index (χ2n) is 5.42. The highest BCUT2D eigenvalue weighted by atomic mass is 16.3. The average molecular weight is 289 g/mol. The Kier molecular flexibility index (Phi) is 4.98. The summed E-state index contributed by atoms with van der Waals surface area (Å²) in [5, 5.41) is 0.798. The van der Waals surface area contributed by atoms with Gasteiger partial charge in [0, 0.05) is 11.4 Å². The molecule has 0 bridgehead atoms. The Balaban J connectivity index is 2.36. The molecule has 0 radical (unpaired) electrons. The molecule has 1 aromatic carbocycles. The topological polar surface area (TPSA) is 71.5 Å². The summed E-state index contributed by atoms with van der Waals surface area (Å²) >= 11 is 0. The molecule has 0 fully saturated rings. The number of rotatable bonds is 6. The van der Waals surface area contributed by atoms with Gasteiger partial charge in [-0.3, -0.25) is 15.1 Å². The second kappa shape index (κ2) is 6.74. The molecule has 1 unspecified atom stereocenters. The van der Waals surface area contributed by atoms with Gasteiger partial charge < -0.3 is 4.42 Å². The molecule has 2 aromatic rings. The van der Waals surface area contributed by atoms with Gasteiger partial charge in [0.15, 0.2) is 0 Å². The lowest BCUT2D eigenvalue weighted by atomic mass is 10.1. The van der Waals surface area contributed by atoms with E-state index < -0.39 is 0 Å². The second-order valence-corrected chi connectivity index (χ2v) is 5.42. The van der Waals surface area contributed by atoms with E-state index in [9.17, 15) is 4.79 Å². The molecule has 0 aliphatic carbocycles. The van der Waals surface area contributed by atoms with E-state index in [-0.39, 0.29) is 5.91 Å². The van der Waals surface area contributed by atoms with Gasteiger partial charge in [0.1, 0.15) is 11.3 Å².